The lowest BCUT2D eigenvalue weighted by Gasteiger charge is -2.24. The lowest BCUT2D eigenvalue weighted by molar-refractivity contribution is 0.344. The molecule has 0 aliphatic carbocycles. The summed E-state index contributed by atoms with van der Waals surface area (Å²) in [4.78, 5) is 0. The van der Waals surface area contributed by atoms with Crippen molar-refractivity contribution in [1.29, 1.82) is 0 Å². The molecule has 1 N–H and O–H groups in total. The first-order valence-electron chi connectivity index (χ1n) is 7.38. The molecule has 1 aliphatic rings. The molecule has 1 atom stereocenters. The van der Waals surface area contributed by atoms with Gasteiger partial charge in [0.25, 0.3) is 0 Å². The van der Waals surface area contributed by atoms with Crippen molar-refractivity contribution in [2.45, 2.75) is 39.8 Å². The van der Waals surface area contributed by atoms with E-state index in [1.807, 2.05) is 6.92 Å². The number of fused-ring (bicyclic) bond motifs is 1. The van der Waals surface area contributed by atoms with Crippen LogP contribution in [0.15, 0.2) is 24.3 Å². The van der Waals surface area contributed by atoms with E-state index in [0.717, 1.165) is 37.7 Å². The first-order valence-corrected chi connectivity index (χ1v) is 7.38. The third-order valence-electron chi connectivity index (χ3n) is 4.24. The first kappa shape index (κ1) is 13.3. The highest BCUT2D eigenvalue weighted by Gasteiger charge is 2.20. The van der Waals surface area contributed by atoms with Gasteiger partial charge in [-0.25, -0.2) is 0 Å². The van der Waals surface area contributed by atoms with Crippen LogP contribution in [0.5, 0.6) is 0 Å². The number of aryl methyl sites for hydroxylation is 3. The van der Waals surface area contributed by atoms with Crippen molar-refractivity contribution < 1.29 is 0 Å². The molecule has 0 bridgehead atoms. The number of hydrogen-bond donors (Lipinski definition) is 1. The van der Waals surface area contributed by atoms with Crippen molar-refractivity contribution in [2.75, 3.05) is 6.54 Å². The van der Waals surface area contributed by atoms with Gasteiger partial charge in [0.2, 0.25) is 0 Å². The normalized spacial score (nSPS) is 18.0. The van der Waals surface area contributed by atoms with Gasteiger partial charge in [-0.1, -0.05) is 24.3 Å². The van der Waals surface area contributed by atoms with Crippen LogP contribution in [-0.4, -0.2) is 21.3 Å². The van der Waals surface area contributed by atoms with Crippen molar-refractivity contribution in [2.24, 2.45) is 5.92 Å². The van der Waals surface area contributed by atoms with E-state index in [1.54, 1.807) is 0 Å². The van der Waals surface area contributed by atoms with Gasteiger partial charge in [0.05, 0.1) is 0 Å². The second-order valence-electron chi connectivity index (χ2n) is 5.74. The number of hydrogen-bond acceptors (Lipinski definition) is 3. The minimum Gasteiger partial charge on any atom is -0.315 e. The zero-order chi connectivity index (χ0) is 13.9. The van der Waals surface area contributed by atoms with Gasteiger partial charge in [-0.2, -0.15) is 0 Å². The zero-order valence-electron chi connectivity index (χ0n) is 12.3. The quantitative estimate of drug-likeness (QED) is 0.926. The Hall–Kier alpha value is -1.68. The first-order chi connectivity index (χ1) is 9.74. The highest BCUT2D eigenvalue weighted by Crippen LogP contribution is 2.19. The van der Waals surface area contributed by atoms with Crippen molar-refractivity contribution in [1.82, 2.24) is 20.1 Å². The molecule has 1 aromatic carbocycles. The standard InChI is InChI=1S/C16H22N4/c1-12-5-3-4-6-15(12)10-17-9-14-7-8-16-19-18-13(2)20(16)11-14/h3-6,14,17H,7-11H2,1-2H3. The number of benzene rings is 1. The van der Waals surface area contributed by atoms with E-state index < -0.39 is 0 Å². The van der Waals surface area contributed by atoms with Crippen LogP contribution < -0.4 is 5.32 Å². The topological polar surface area (TPSA) is 42.7 Å². The van der Waals surface area contributed by atoms with Crippen LogP contribution in [0.2, 0.25) is 0 Å². The predicted molar refractivity (Wildman–Crippen MR) is 79.5 cm³/mol. The van der Waals surface area contributed by atoms with Crippen molar-refractivity contribution in [3.8, 4) is 0 Å². The molecule has 20 heavy (non-hydrogen) atoms. The van der Waals surface area contributed by atoms with Gasteiger partial charge >= 0.3 is 0 Å². The number of aromatic nitrogens is 3. The molecule has 3 rings (SSSR count). The van der Waals surface area contributed by atoms with Crippen LogP contribution in [0.4, 0.5) is 0 Å². The molecule has 0 radical (unpaired) electrons. The van der Waals surface area contributed by atoms with E-state index in [0.29, 0.717) is 5.92 Å². The van der Waals surface area contributed by atoms with Crippen molar-refractivity contribution in [3.63, 3.8) is 0 Å². The SMILES string of the molecule is Cc1ccccc1CNCC1CCc2nnc(C)n2C1. The Labute approximate surface area is 120 Å². The van der Waals surface area contributed by atoms with E-state index >= 15 is 0 Å². The third kappa shape index (κ3) is 2.75. The molecule has 106 valence electrons. The van der Waals surface area contributed by atoms with Crippen molar-refractivity contribution in [3.05, 3.63) is 47.0 Å². The summed E-state index contributed by atoms with van der Waals surface area (Å²) in [7, 11) is 0. The van der Waals surface area contributed by atoms with E-state index in [2.05, 4.69) is 51.3 Å². The van der Waals surface area contributed by atoms with Gasteiger partial charge in [0.1, 0.15) is 11.6 Å². The minimum atomic E-state index is 0.682. The summed E-state index contributed by atoms with van der Waals surface area (Å²) in [5.74, 6) is 2.88. The maximum Gasteiger partial charge on any atom is 0.133 e. The molecule has 0 saturated carbocycles. The molecule has 2 heterocycles. The summed E-state index contributed by atoms with van der Waals surface area (Å²) in [6, 6.07) is 8.57. The Morgan fingerprint density at radius 1 is 1.25 bits per heavy atom. The van der Waals surface area contributed by atoms with E-state index in [-0.39, 0.29) is 0 Å². The predicted octanol–water partition coefficient (Wildman–Crippen LogP) is 2.25. The van der Waals surface area contributed by atoms with E-state index in [4.69, 9.17) is 0 Å². The summed E-state index contributed by atoms with van der Waals surface area (Å²) >= 11 is 0. The van der Waals surface area contributed by atoms with E-state index in [9.17, 15) is 0 Å². The average Bonchev–Trinajstić information content (AvgIpc) is 2.82. The van der Waals surface area contributed by atoms with Crippen LogP contribution >= 0.6 is 0 Å². The van der Waals surface area contributed by atoms with Crippen LogP contribution in [0.25, 0.3) is 0 Å². The molecule has 0 amide bonds. The van der Waals surface area contributed by atoms with E-state index in [1.165, 1.54) is 17.5 Å². The highest BCUT2D eigenvalue weighted by atomic mass is 15.3. The average molecular weight is 270 g/mol. The minimum absolute atomic E-state index is 0.682. The Bertz CT molecular complexity index is 588. The lowest BCUT2D eigenvalue weighted by atomic mass is 9.99. The molecule has 0 saturated heterocycles. The number of rotatable bonds is 4. The fourth-order valence-corrected chi connectivity index (χ4v) is 2.92. The fraction of sp³-hybridized carbons (Fsp3) is 0.500. The molecule has 4 heteroatoms. The van der Waals surface area contributed by atoms with Gasteiger partial charge in [0, 0.05) is 19.5 Å². The summed E-state index contributed by atoms with van der Waals surface area (Å²) in [5.41, 5.74) is 2.75. The van der Waals surface area contributed by atoms with Gasteiger partial charge in [0.15, 0.2) is 0 Å². The molecular weight excluding hydrogens is 248 g/mol. The number of nitrogens with zero attached hydrogens (tertiary/aromatic N) is 3. The lowest BCUT2D eigenvalue weighted by Crippen LogP contribution is -2.30. The zero-order valence-corrected chi connectivity index (χ0v) is 12.3. The number of nitrogens with one attached hydrogen (secondary N) is 1. The summed E-state index contributed by atoms with van der Waals surface area (Å²) in [5, 5.41) is 12.0. The Morgan fingerprint density at radius 3 is 2.95 bits per heavy atom. The smallest absolute Gasteiger partial charge is 0.133 e. The van der Waals surface area contributed by atoms with Crippen molar-refractivity contribution >= 4 is 0 Å². The largest absolute Gasteiger partial charge is 0.315 e. The Balaban J connectivity index is 1.53. The molecule has 2 aromatic rings. The second-order valence-corrected chi connectivity index (χ2v) is 5.74. The van der Waals surface area contributed by atoms with Crippen LogP contribution in [0.1, 0.15) is 29.2 Å². The molecule has 1 unspecified atom stereocenters. The van der Waals surface area contributed by atoms with Crippen LogP contribution in [0, 0.1) is 19.8 Å². The summed E-state index contributed by atoms with van der Waals surface area (Å²) in [6.45, 7) is 7.28. The third-order valence-corrected chi connectivity index (χ3v) is 4.24. The molecule has 4 nitrogen and oxygen atoms in total. The molecule has 0 spiro atoms. The highest BCUT2D eigenvalue weighted by molar-refractivity contribution is 5.25. The summed E-state index contributed by atoms with van der Waals surface area (Å²) in [6.07, 6.45) is 2.26. The van der Waals surface area contributed by atoms with Gasteiger partial charge in [-0.3, -0.25) is 0 Å². The maximum atomic E-state index is 4.22. The van der Waals surface area contributed by atoms with Crippen LogP contribution in [0.3, 0.4) is 0 Å². The Kier molecular flexibility index (Phi) is 3.83. The maximum absolute atomic E-state index is 4.22. The molecule has 1 aromatic heterocycles. The Morgan fingerprint density at radius 2 is 2.10 bits per heavy atom. The van der Waals surface area contributed by atoms with Gasteiger partial charge in [-0.15, -0.1) is 10.2 Å². The summed E-state index contributed by atoms with van der Waals surface area (Å²) < 4.78 is 2.27. The molecule has 0 fully saturated rings. The molecular formula is C16H22N4. The monoisotopic (exact) mass is 270 g/mol. The van der Waals surface area contributed by atoms with Gasteiger partial charge < -0.3 is 9.88 Å². The fourth-order valence-electron chi connectivity index (χ4n) is 2.92. The second kappa shape index (κ2) is 5.75. The van der Waals surface area contributed by atoms with Gasteiger partial charge in [-0.05, 0) is 43.9 Å². The molecule has 1 aliphatic heterocycles. The van der Waals surface area contributed by atoms with Crippen LogP contribution in [-0.2, 0) is 19.5 Å².